The average molecular weight is 238 g/mol. The van der Waals surface area contributed by atoms with E-state index in [0.717, 1.165) is 29.2 Å². The topological polar surface area (TPSA) is 36.9 Å². The second-order valence-electron chi connectivity index (χ2n) is 4.79. The molecule has 3 heterocycles. The van der Waals surface area contributed by atoms with Gasteiger partial charge in [-0.25, -0.2) is 4.98 Å². The van der Waals surface area contributed by atoms with E-state index in [1.807, 2.05) is 6.07 Å². The van der Waals surface area contributed by atoms with Crippen LogP contribution in [0.4, 0.5) is 5.95 Å². The highest BCUT2D eigenvalue weighted by Crippen LogP contribution is 2.31. The standard InChI is InChI=1S/C14H14N4/c1-9-7-8-18-13-12(16-14(18)17(9)2)10-5-3-4-6-11(10)15-13/h3-7,15H,8H2,1-2H3. The summed E-state index contributed by atoms with van der Waals surface area (Å²) in [6, 6.07) is 8.32. The van der Waals surface area contributed by atoms with Crippen molar-refractivity contribution in [2.24, 2.45) is 0 Å². The molecule has 0 unspecified atom stereocenters. The van der Waals surface area contributed by atoms with Crippen LogP contribution in [0.25, 0.3) is 22.1 Å². The van der Waals surface area contributed by atoms with Crippen LogP contribution in [0.5, 0.6) is 0 Å². The maximum Gasteiger partial charge on any atom is 0.212 e. The molecule has 1 aromatic carbocycles. The number of aromatic amines is 1. The lowest BCUT2D eigenvalue weighted by Gasteiger charge is -2.24. The maximum atomic E-state index is 4.79. The monoisotopic (exact) mass is 238 g/mol. The van der Waals surface area contributed by atoms with Crippen LogP contribution in [-0.4, -0.2) is 21.6 Å². The van der Waals surface area contributed by atoms with Crippen LogP contribution < -0.4 is 4.90 Å². The van der Waals surface area contributed by atoms with Crippen LogP contribution in [0.1, 0.15) is 6.92 Å². The van der Waals surface area contributed by atoms with Crippen LogP contribution in [0.2, 0.25) is 0 Å². The molecule has 0 aliphatic carbocycles. The summed E-state index contributed by atoms with van der Waals surface area (Å²) in [7, 11) is 2.06. The van der Waals surface area contributed by atoms with Crippen molar-refractivity contribution >= 4 is 28.0 Å². The molecule has 0 bridgehead atoms. The highest BCUT2D eigenvalue weighted by Gasteiger charge is 2.21. The number of nitrogens with zero attached hydrogens (tertiary/aromatic N) is 3. The van der Waals surface area contributed by atoms with Gasteiger partial charge in [-0.15, -0.1) is 0 Å². The highest BCUT2D eigenvalue weighted by molar-refractivity contribution is 6.04. The number of allylic oxidation sites excluding steroid dienone is 2. The quantitative estimate of drug-likeness (QED) is 0.654. The van der Waals surface area contributed by atoms with Crippen molar-refractivity contribution in [2.75, 3.05) is 11.9 Å². The molecule has 0 atom stereocenters. The van der Waals surface area contributed by atoms with Crippen LogP contribution in [0, 0.1) is 0 Å². The van der Waals surface area contributed by atoms with Gasteiger partial charge < -0.3 is 9.88 Å². The average Bonchev–Trinajstić information content (AvgIpc) is 2.90. The third kappa shape index (κ3) is 1.07. The zero-order valence-electron chi connectivity index (χ0n) is 10.4. The molecule has 4 rings (SSSR count). The van der Waals surface area contributed by atoms with Crippen molar-refractivity contribution in [3.05, 3.63) is 36.0 Å². The van der Waals surface area contributed by atoms with Gasteiger partial charge in [0.1, 0.15) is 11.2 Å². The number of fused-ring (bicyclic) bond motifs is 5. The zero-order chi connectivity index (χ0) is 12.3. The Morgan fingerprint density at radius 1 is 1.28 bits per heavy atom. The first-order valence-corrected chi connectivity index (χ1v) is 6.13. The van der Waals surface area contributed by atoms with E-state index in [-0.39, 0.29) is 0 Å². The van der Waals surface area contributed by atoms with Gasteiger partial charge >= 0.3 is 0 Å². The van der Waals surface area contributed by atoms with Gasteiger partial charge in [-0.05, 0) is 19.1 Å². The molecule has 4 heteroatoms. The molecule has 2 aromatic heterocycles. The van der Waals surface area contributed by atoms with Crippen molar-refractivity contribution in [1.29, 1.82) is 0 Å². The molecule has 4 nitrogen and oxygen atoms in total. The van der Waals surface area contributed by atoms with Gasteiger partial charge in [0.05, 0.1) is 0 Å². The summed E-state index contributed by atoms with van der Waals surface area (Å²) in [5, 5.41) is 1.19. The van der Waals surface area contributed by atoms with Crippen molar-refractivity contribution < 1.29 is 0 Å². The summed E-state index contributed by atoms with van der Waals surface area (Å²) in [4.78, 5) is 10.4. The number of hydrogen-bond donors (Lipinski definition) is 1. The fourth-order valence-corrected chi connectivity index (χ4v) is 2.63. The van der Waals surface area contributed by atoms with E-state index < -0.39 is 0 Å². The Morgan fingerprint density at radius 3 is 3.00 bits per heavy atom. The molecule has 0 amide bonds. The molecule has 0 spiro atoms. The minimum absolute atomic E-state index is 0.884. The number of anilines is 1. The summed E-state index contributed by atoms with van der Waals surface area (Å²) < 4.78 is 2.22. The first-order chi connectivity index (χ1) is 8.75. The minimum atomic E-state index is 0.884. The van der Waals surface area contributed by atoms with E-state index in [4.69, 9.17) is 4.98 Å². The Bertz CT molecular complexity index is 791. The number of imidazole rings is 1. The largest absolute Gasteiger partial charge is 0.339 e. The van der Waals surface area contributed by atoms with Crippen molar-refractivity contribution in [3.8, 4) is 0 Å². The normalized spacial score (nSPS) is 15.2. The summed E-state index contributed by atoms with van der Waals surface area (Å²) in [5.41, 5.74) is 4.58. The number of rotatable bonds is 0. The van der Waals surface area contributed by atoms with Gasteiger partial charge in [0, 0.05) is 30.2 Å². The summed E-state index contributed by atoms with van der Waals surface area (Å²) in [5.74, 6) is 1.02. The number of para-hydroxylation sites is 1. The first kappa shape index (κ1) is 9.76. The molecule has 0 saturated heterocycles. The van der Waals surface area contributed by atoms with Crippen molar-refractivity contribution in [1.82, 2.24) is 14.5 Å². The summed E-state index contributed by atoms with van der Waals surface area (Å²) in [6.45, 7) is 3.00. The van der Waals surface area contributed by atoms with E-state index in [9.17, 15) is 0 Å². The highest BCUT2D eigenvalue weighted by atomic mass is 15.3. The molecule has 1 aliphatic heterocycles. The van der Waals surface area contributed by atoms with Crippen LogP contribution in [0.3, 0.4) is 0 Å². The number of nitrogens with one attached hydrogen (secondary N) is 1. The predicted molar refractivity (Wildman–Crippen MR) is 73.7 cm³/mol. The molecule has 1 N–H and O–H groups in total. The van der Waals surface area contributed by atoms with E-state index in [1.54, 1.807) is 0 Å². The van der Waals surface area contributed by atoms with Gasteiger partial charge in [-0.1, -0.05) is 18.2 Å². The predicted octanol–water partition coefficient (Wildman–Crippen LogP) is 2.87. The fraction of sp³-hybridized carbons (Fsp3) is 0.214. The number of benzene rings is 1. The Hall–Kier alpha value is -2.23. The molecule has 90 valence electrons. The van der Waals surface area contributed by atoms with Crippen LogP contribution in [0.15, 0.2) is 36.0 Å². The maximum absolute atomic E-state index is 4.79. The van der Waals surface area contributed by atoms with E-state index >= 15 is 0 Å². The lowest BCUT2D eigenvalue weighted by Crippen LogP contribution is -2.23. The number of aromatic nitrogens is 3. The molecule has 3 aromatic rings. The second-order valence-corrected chi connectivity index (χ2v) is 4.79. The van der Waals surface area contributed by atoms with Gasteiger partial charge in [-0.2, -0.15) is 0 Å². The molecular formula is C14H14N4. The van der Waals surface area contributed by atoms with E-state index in [0.29, 0.717) is 0 Å². The van der Waals surface area contributed by atoms with Gasteiger partial charge in [0.2, 0.25) is 5.95 Å². The van der Waals surface area contributed by atoms with Crippen LogP contribution in [-0.2, 0) is 6.54 Å². The molecule has 1 aliphatic rings. The van der Waals surface area contributed by atoms with Gasteiger partial charge in [-0.3, -0.25) is 4.57 Å². The van der Waals surface area contributed by atoms with Crippen molar-refractivity contribution in [3.63, 3.8) is 0 Å². The minimum Gasteiger partial charge on any atom is -0.339 e. The second kappa shape index (κ2) is 3.16. The molecular weight excluding hydrogens is 224 g/mol. The third-order valence-electron chi connectivity index (χ3n) is 3.78. The Balaban J connectivity index is 2.10. The summed E-state index contributed by atoms with van der Waals surface area (Å²) >= 11 is 0. The van der Waals surface area contributed by atoms with E-state index in [1.165, 1.54) is 11.1 Å². The fourth-order valence-electron chi connectivity index (χ4n) is 2.63. The smallest absolute Gasteiger partial charge is 0.212 e. The molecule has 0 fully saturated rings. The lowest BCUT2D eigenvalue weighted by molar-refractivity contribution is 0.770. The Labute approximate surface area is 105 Å². The van der Waals surface area contributed by atoms with Crippen molar-refractivity contribution in [2.45, 2.75) is 13.5 Å². The lowest BCUT2D eigenvalue weighted by atomic mass is 10.2. The SMILES string of the molecule is CC1=CCn2c(nc3c4ccccc4[nH]c32)N1C. The number of H-pyrrole nitrogens is 1. The first-order valence-electron chi connectivity index (χ1n) is 6.13. The Kier molecular flexibility index (Phi) is 1.71. The third-order valence-corrected chi connectivity index (χ3v) is 3.78. The summed E-state index contributed by atoms with van der Waals surface area (Å²) in [6.07, 6.45) is 2.22. The van der Waals surface area contributed by atoms with Crippen LogP contribution >= 0.6 is 0 Å². The zero-order valence-corrected chi connectivity index (χ0v) is 10.4. The van der Waals surface area contributed by atoms with Gasteiger partial charge in [0.25, 0.3) is 0 Å². The molecule has 0 radical (unpaired) electrons. The Morgan fingerprint density at radius 2 is 2.11 bits per heavy atom. The number of hydrogen-bond acceptors (Lipinski definition) is 2. The van der Waals surface area contributed by atoms with Gasteiger partial charge in [0.15, 0.2) is 0 Å². The van der Waals surface area contributed by atoms with E-state index in [2.05, 4.69) is 52.7 Å². The molecule has 0 saturated carbocycles. The molecule has 18 heavy (non-hydrogen) atoms.